The molecule has 1 aromatic rings. The molecule has 1 N–H and O–H groups in total. The Bertz CT molecular complexity index is 536. The largest absolute Gasteiger partial charge is 0.489 e. The smallest absolute Gasteiger partial charge is 0.179 e. The lowest BCUT2D eigenvalue weighted by molar-refractivity contribution is 0.197. The monoisotopic (exact) mass is 307 g/mol. The summed E-state index contributed by atoms with van der Waals surface area (Å²) in [7, 11) is 0. The van der Waals surface area contributed by atoms with Crippen molar-refractivity contribution in [1.29, 1.82) is 0 Å². The summed E-state index contributed by atoms with van der Waals surface area (Å²) >= 11 is 6.43. The first-order chi connectivity index (χ1) is 10.2. The molecule has 1 saturated heterocycles. The van der Waals surface area contributed by atoms with Gasteiger partial charge >= 0.3 is 0 Å². The van der Waals surface area contributed by atoms with E-state index in [0.717, 1.165) is 37.7 Å². The average molecular weight is 308 g/mol. The fourth-order valence-electron chi connectivity index (χ4n) is 3.33. The van der Waals surface area contributed by atoms with E-state index in [9.17, 15) is 0 Å². The first-order valence-electron chi connectivity index (χ1n) is 8.06. The molecule has 2 fully saturated rings. The van der Waals surface area contributed by atoms with Crippen LogP contribution < -0.4 is 14.8 Å². The number of nitrogens with one attached hydrogen (secondary N) is 1. The third-order valence-electron chi connectivity index (χ3n) is 4.98. The van der Waals surface area contributed by atoms with Crippen LogP contribution in [0.2, 0.25) is 5.02 Å². The van der Waals surface area contributed by atoms with E-state index >= 15 is 0 Å². The second kappa shape index (κ2) is 5.36. The van der Waals surface area contributed by atoms with Gasteiger partial charge in [0, 0.05) is 11.5 Å². The molecule has 1 saturated carbocycles. The number of ether oxygens (including phenoxy) is 2. The minimum absolute atomic E-state index is 0.257. The van der Waals surface area contributed by atoms with Gasteiger partial charge < -0.3 is 14.8 Å². The van der Waals surface area contributed by atoms with Crippen LogP contribution >= 0.6 is 11.6 Å². The number of piperidine rings is 1. The SMILES string of the molecule is Clc1cc(CC2CCCCN2)cc2c1OCC1(CC1)CO2. The van der Waals surface area contributed by atoms with Crippen LogP contribution in [0, 0.1) is 5.41 Å². The number of halogens is 1. The van der Waals surface area contributed by atoms with Crippen molar-refractivity contribution < 1.29 is 9.47 Å². The van der Waals surface area contributed by atoms with Gasteiger partial charge in [0.15, 0.2) is 11.5 Å². The van der Waals surface area contributed by atoms with Gasteiger partial charge in [0.25, 0.3) is 0 Å². The fraction of sp³-hybridized carbons (Fsp3) is 0.647. The van der Waals surface area contributed by atoms with Gasteiger partial charge in [-0.25, -0.2) is 0 Å². The van der Waals surface area contributed by atoms with E-state index in [1.165, 1.54) is 37.7 Å². The average Bonchev–Trinajstić information content (AvgIpc) is 3.28. The maximum absolute atomic E-state index is 6.43. The molecule has 0 amide bonds. The number of benzene rings is 1. The van der Waals surface area contributed by atoms with Crippen molar-refractivity contribution in [3.8, 4) is 11.5 Å². The van der Waals surface area contributed by atoms with E-state index in [1.54, 1.807) is 0 Å². The minimum Gasteiger partial charge on any atom is -0.489 e. The Hall–Kier alpha value is -0.930. The maximum Gasteiger partial charge on any atom is 0.179 e. The Morgan fingerprint density at radius 1 is 1.19 bits per heavy atom. The van der Waals surface area contributed by atoms with Gasteiger partial charge in [-0.15, -0.1) is 0 Å². The quantitative estimate of drug-likeness (QED) is 0.906. The summed E-state index contributed by atoms with van der Waals surface area (Å²) in [6.07, 6.45) is 7.28. The van der Waals surface area contributed by atoms with Crippen LogP contribution in [-0.4, -0.2) is 25.8 Å². The summed E-state index contributed by atoms with van der Waals surface area (Å²) in [5.41, 5.74) is 1.50. The van der Waals surface area contributed by atoms with Gasteiger partial charge in [-0.3, -0.25) is 0 Å². The van der Waals surface area contributed by atoms with Crippen LogP contribution in [0.1, 0.15) is 37.7 Å². The van der Waals surface area contributed by atoms with Crippen molar-refractivity contribution in [3.63, 3.8) is 0 Å². The number of fused-ring (bicyclic) bond motifs is 1. The van der Waals surface area contributed by atoms with Gasteiger partial charge in [0.1, 0.15) is 0 Å². The van der Waals surface area contributed by atoms with Gasteiger partial charge in [-0.2, -0.15) is 0 Å². The molecule has 21 heavy (non-hydrogen) atoms. The summed E-state index contributed by atoms with van der Waals surface area (Å²) in [4.78, 5) is 0. The minimum atomic E-state index is 0.257. The summed E-state index contributed by atoms with van der Waals surface area (Å²) in [5.74, 6) is 1.57. The van der Waals surface area contributed by atoms with Crippen molar-refractivity contribution in [3.05, 3.63) is 22.7 Å². The molecule has 0 bridgehead atoms. The van der Waals surface area contributed by atoms with E-state index < -0.39 is 0 Å². The number of hydrogen-bond acceptors (Lipinski definition) is 3. The lowest BCUT2D eigenvalue weighted by Crippen LogP contribution is -2.35. The number of rotatable bonds is 2. The Labute approximate surface area is 131 Å². The molecule has 1 atom stereocenters. The first-order valence-corrected chi connectivity index (χ1v) is 8.43. The Balaban J connectivity index is 1.54. The van der Waals surface area contributed by atoms with Gasteiger partial charge in [0.2, 0.25) is 0 Å². The van der Waals surface area contributed by atoms with Crippen LogP contribution in [0.5, 0.6) is 11.5 Å². The van der Waals surface area contributed by atoms with Crippen molar-refractivity contribution in [2.24, 2.45) is 5.41 Å². The highest BCUT2D eigenvalue weighted by molar-refractivity contribution is 6.32. The van der Waals surface area contributed by atoms with Crippen molar-refractivity contribution in [2.45, 2.75) is 44.6 Å². The molecule has 3 aliphatic rings. The predicted octanol–water partition coefficient (Wildman–Crippen LogP) is 3.58. The second-order valence-electron chi connectivity index (χ2n) is 6.83. The third-order valence-corrected chi connectivity index (χ3v) is 5.26. The lowest BCUT2D eigenvalue weighted by Gasteiger charge is -2.24. The van der Waals surface area contributed by atoms with Crippen molar-refractivity contribution in [2.75, 3.05) is 19.8 Å². The molecule has 0 aromatic heterocycles. The van der Waals surface area contributed by atoms with Crippen LogP contribution in [0.3, 0.4) is 0 Å². The highest BCUT2D eigenvalue weighted by atomic mass is 35.5. The zero-order valence-corrected chi connectivity index (χ0v) is 13.0. The zero-order valence-electron chi connectivity index (χ0n) is 12.3. The van der Waals surface area contributed by atoms with Crippen LogP contribution in [0.4, 0.5) is 0 Å². The van der Waals surface area contributed by atoms with E-state index in [-0.39, 0.29) is 5.41 Å². The lowest BCUT2D eigenvalue weighted by atomic mass is 9.97. The molecule has 1 aromatic carbocycles. The van der Waals surface area contributed by atoms with E-state index in [0.29, 0.717) is 11.1 Å². The molecule has 1 aliphatic carbocycles. The van der Waals surface area contributed by atoms with E-state index in [4.69, 9.17) is 21.1 Å². The van der Waals surface area contributed by atoms with Crippen molar-refractivity contribution >= 4 is 11.6 Å². The summed E-state index contributed by atoms with van der Waals surface area (Å²) in [6, 6.07) is 4.73. The van der Waals surface area contributed by atoms with E-state index in [1.807, 2.05) is 6.07 Å². The first kappa shape index (κ1) is 13.7. The summed E-state index contributed by atoms with van der Waals surface area (Å²) < 4.78 is 11.9. The van der Waals surface area contributed by atoms with Gasteiger partial charge in [-0.05, 0) is 56.3 Å². The molecule has 4 heteroatoms. The fourth-order valence-corrected chi connectivity index (χ4v) is 3.62. The standard InChI is InChI=1S/C17H22ClNO2/c18-14-8-12(7-13-3-1-2-6-19-13)9-15-16(14)21-11-17(4-5-17)10-20-15/h8-9,13,19H,1-7,10-11H2. The molecule has 2 heterocycles. The molecule has 4 rings (SSSR count). The molecule has 114 valence electrons. The molecular formula is C17H22ClNO2. The van der Waals surface area contributed by atoms with Crippen molar-refractivity contribution in [1.82, 2.24) is 5.32 Å². The topological polar surface area (TPSA) is 30.5 Å². The highest BCUT2D eigenvalue weighted by Gasteiger charge is 2.46. The highest BCUT2D eigenvalue weighted by Crippen LogP contribution is 2.50. The second-order valence-corrected chi connectivity index (χ2v) is 7.24. The molecule has 1 spiro atoms. The molecule has 2 aliphatic heterocycles. The molecule has 3 nitrogen and oxygen atoms in total. The van der Waals surface area contributed by atoms with Crippen LogP contribution in [0.15, 0.2) is 12.1 Å². The molecular weight excluding hydrogens is 286 g/mol. The molecule has 1 unspecified atom stereocenters. The summed E-state index contributed by atoms with van der Waals surface area (Å²) in [6.45, 7) is 2.64. The third kappa shape index (κ3) is 2.86. The van der Waals surface area contributed by atoms with Crippen LogP contribution in [-0.2, 0) is 6.42 Å². The zero-order chi connectivity index (χ0) is 14.3. The predicted molar refractivity (Wildman–Crippen MR) is 83.5 cm³/mol. The van der Waals surface area contributed by atoms with Gasteiger partial charge in [0.05, 0.1) is 18.2 Å². The Morgan fingerprint density at radius 2 is 2.05 bits per heavy atom. The normalized spacial score (nSPS) is 26.4. The number of hydrogen-bond donors (Lipinski definition) is 1. The van der Waals surface area contributed by atoms with Gasteiger partial charge in [-0.1, -0.05) is 18.0 Å². The van der Waals surface area contributed by atoms with Crippen LogP contribution in [0.25, 0.3) is 0 Å². The maximum atomic E-state index is 6.43. The Morgan fingerprint density at radius 3 is 2.81 bits per heavy atom. The summed E-state index contributed by atoms with van der Waals surface area (Å²) in [5, 5.41) is 4.28. The molecule has 0 radical (unpaired) electrons. The van der Waals surface area contributed by atoms with E-state index in [2.05, 4.69) is 11.4 Å². The Kier molecular flexibility index (Phi) is 3.50.